The van der Waals surface area contributed by atoms with E-state index < -0.39 is 12.3 Å². The standard InChI is InChI=1S/C14H12F3N3O2/c1-20(13(21)11-8-18-6-7-19-11)9-10-4-2-3-5-12(10)22-14(15,16)17/h2-8H,9H2,1H3. The second-order valence-electron chi connectivity index (χ2n) is 4.41. The molecule has 0 atom stereocenters. The number of ether oxygens (including phenoxy) is 1. The number of amides is 1. The molecule has 0 bridgehead atoms. The molecule has 1 heterocycles. The molecule has 0 N–H and O–H groups in total. The molecule has 0 aliphatic carbocycles. The van der Waals surface area contributed by atoms with Gasteiger partial charge in [0.2, 0.25) is 0 Å². The fourth-order valence-electron chi connectivity index (χ4n) is 1.79. The summed E-state index contributed by atoms with van der Waals surface area (Å²) in [5.41, 5.74) is 0.346. The van der Waals surface area contributed by atoms with Gasteiger partial charge in [0.1, 0.15) is 11.4 Å². The van der Waals surface area contributed by atoms with Crippen LogP contribution in [0.15, 0.2) is 42.9 Å². The molecule has 1 aromatic heterocycles. The molecule has 8 heteroatoms. The zero-order valence-corrected chi connectivity index (χ0v) is 11.5. The van der Waals surface area contributed by atoms with Crippen LogP contribution in [0, 0.1) is 0 Å². The molecule has 0 saturated carbocycles. The van der Waals surface area contributed by atoms with E-state index in [2.05, 4.69) is 14.7 Å². The van der Waals surface area contributed by atoms with Crippen LogP contribution in [0.4, 0.5) is 13.2 Å². The molecule has 1 aromatic carbocycles. The topological polar surface area (TPSA) is 55.3 Å². The Labute approximate surface area is 124 Å². The fourth-order valence-corrected chi connectivity index (χ4v) is 1.79. The number of halogens is 3. The summed E-state index contributed by atoms with van der Waals surface area (Å²) in [4.78, 5) is 21.0. The van der Waals surface area contributed by atoms with Crippen molar-refractivity contribution >= 4 is 5.91 Å². The molecule has 2 rings (SSSR count). The zero-order chi connectivity index (χ0) is 16.2. The highest BCUT2D eigenvalue weighted by Crippen LogP contribution is 2.27. The van der Waals surface area contributed by atoms with E-state index in [4.69, 9.17) is 0 Å². The normalized spacial score (nSPS) is 11.1. The summed E-state index contributed by atoms with van der Waals surface area (Å²) in [7, 11) is 1.46. The first-order chi connectivity index (χ1) is 10.4. The number of nitrogens with zero attached hydrogens (tertiary/aromatic N) is 3. The molecule has 1 amide bonds. The second-order valence-corrected chi connectivity index (χ2v) is 4.41. The van der Waals surface area contributed by atoms with E-state index in [1.54, 1.807) is 6.07 Å². The first kappa shape index (κ1) is 15.7. The van der Waals surface area contributed by atoms with Crippen LogP contribution in [-0.2, 0) is 6.54 Å². The number of carbonyl (C=O) groups is 1. The Hall–Kier alpha value is -2.64. The molecule has 22 heavy (non-hydrogen) atoms. The minimum absolute atomic E-state index is 0.0539. The third-order valence-electron chi connectivity index (χ3n) is 2.73. The average Bonchev–Trinajstić information content (AvgIpc) is 2.48. The van der Waals surface area contributed by atoms with Crippen molar-refractivity contribution in [1.82, 2.24) is 14.9 Å². The third-order valence-corrected chi connectivity index (χ3v) is 2.73. The Morgan fingerprint density at radius 3 is 2.64 bits per heavy atom. The van der Waals surface area contributed by atoms with Crippen LogP contribution in [0.25, 0.3) is 0 Å². The van der Waals surface area contributed by atoms with Crippen LogP contribution in [0.2, 0.25) is 0 Å². The maximum atomic E-state index is 12.4. The Morgan fingerprint density at radius 2 is 2.00 bits per heavy atom. The molecule has 0 spiro atoms. The summed E-state index contributed by atoms with van der Waals surface area (Å²) < 4.78 is 41.0. The van der Waals surface area contributed by atoms with Gasteiger partial charge in [-0.2, -0.15) is 0 Å². The Morgan fingerprint density at radius 1 is 1.27 bits per heavy atom. The first-order valence-electron chi connectivity index (χ1n) is 6.22. The quantitative estimate of drug-likeness (QED) is 0.871. The molecule has 0 aliphatic heterocycles. The van der Waals surface area contributed by atoms with Crippen molar-refractivity contribution in [2.45, 2.75) is 12.9 Å². The van der Waals surface area contributed by atoms with Crippen molar-refractivity contribution in [3.63, 3.8) is 0 Å². The van der Waals surface area contributed by atoms with Crippen LogP contribution in [0.5, 0.6) is 5.75 Å². The number of carbonyl (C=O) groups excluding carboxylic acids is 1. The lowest BCUT2D eigenvalue weighted by Gasteiger charge is -2.19. The van der Waals surface area contributed by atoms with Gasteiger partial charge in [-0.15, -0.1) is 13.2 Å². The van der Waals surface area contributed by atoms with Crippen LogP contribution in [0.1, 0.15) is 16.1 Å². The SMILES string of the molecule is CN(Cc1ccccc1OC(F)(F)F)C(=O)c1cnccn1. The highest BCUT2D eigenvalue weighted by atomic mass is 19.4. The molecule has 0 radical (unpaired) electrons. The monoisotopic (exact) mass is 311 g/mol. The second kappa shape index (κ2) is 6.42. The predicted octanol–water partition coefficient (Wildman–Crippen LogP) is 2.65. The molecule has 0 unspecified atom stereocenters. The van der Waals surface area contributed by atoms with E-state index >= 15 is 0 Å². The molecular formula is C14H12F3N3O2. The lowest BCUT2D eigenvalue weighted by Crippen LogP contribution is -2.28. The molecule has 5 nitrogen and oxygen atoms in total. The van der Waals surface area contributed by atoms with E-state index in [0.717, 1.165) is 0 Å². The van der Waals surface area contributed by atoms with Gasteiger partial charge in [0.05, 0.1) is 6.20 Å². The minimum Gasteiger partial charge on any atom is -0.405 e. The highest BCUT2D eigenvalue weighted by Gasteiger charge is 2.32. The van der Waals surface area contributed by atoms with Crippen molar-refractivity contribution in [1.29, 1.82) is 0 Å². The van der Waals surface area contributed by atoms with Gasteiger partial charge in [0.15, 0.2) is 0 Å². The molecule has 2 aromatic rings. The summed E-state index contributed by atoms with van der Waals surface area (Å²) in [6.45, 7) is -0.0539. The van der Waals surface area contributed by atoms with Crippen molar-refractivity contribution in [3.8, 4) is 5.75 Å². The lowest BCUT2D eigenvalue weighted by molar-refractivity contribution is -0.274. The van der Waals surface area contributed by atoms with E-state index in [1.807, 2.05) is 0 Å². The van der Waals surface area contributed by atoms with E-state index in [1.165, 1.54) is 48.7 Å². The molecule has 0 fully saturated rings. The summed E-state index contributed by atoms with van der Waals surface area (Å²) >= 11 is 0. The predicted molar refractivity (Wildman–Crippen MR) is 71.0 cm³/mol. The van der Waals surface area contributed by atoms with Crippen LogP contribution >= 0.6 is 0 Å². The van der Waals surface area contributed by atoms with E-state index in [0.29, 0.717) is 0 Å². The maximum absolute atomic E-state index is 12.4. The van der Waals surface area contributed by atoms with Gasteiger partial charge >= 0.3 is 6.36 Å². The number of hydrogen-bond acceptors (Lipinski definition) is 4. The summed E-state index contributed by atoms with van der Waals surface area (Å²) in [5.74, 6) is -0.788. The largest absolute Gasteiger partial charge is 0.573 e. The Bertz CT molecular complexity index is 647. The summed E-state index contributed by atoms with van der Waals surface area (Å²) in [6, 6.07) is 5.65. The van der Waals surface area contributed by atoms with Gasteiger partial charge in [-0.25, -0.2) is 4.98 Å². The Kier molecular flexibility index (Phi) is 4.59. The van der Waals surface area contributed by atoms with Crippen molar-refractivity contribution in [2.75, 3.05) is 7.05 Å². The number of alkyl halides is 3. The summed E-state index contributed by atoms with van der Waals surface area (Å²) in [6.07, 6.45) is -0.717. The molecular weight excluding hydrogens is 299 g/mol. The van der Waals surface area contributed by atoms with Crippen LogP contribution in [-0.4, -0.2) is 34.2 Å². The van der Waals surface area contributed by atoms with Gasteiger partial charge in [-0.1, -0.05) is 18.2 Å². The van der Waals surface area contributed by atoms with Gasteiger partial charge in [-0.05, 0) is 6.07 Å². The van der Waals surface area contributed by atoms with Gasteiger partial charge in [-0.3, -0.25) is 9.78 Å². The van der Waals surface area contributed by atoms with E-state index in [9.17, 15) is 18.0 Å². The zero-order valence-electron chi connectivity index (χ0n) is 11.5. The fraction of sp³-hybridized carbons (Fsp3) is 0.214. The molecule has 116 valence electrons. The van der Waals surface area contributed by atoms with Crippen LogP contribution < -0.4 is 4.74 Å². The number of hydrogen-bond donors (Lipinski definition) is 0. The molecule has 0 aliphatic rings. The average molecular weight is 311 g/mol. The third kappa shape index (κ3) is 4.18. The van der Waals surface area contributed by atoms with Crippen molar-refractivity contribution in [3.05, 3.63) is 54.1 Å². The van der Waals surface area contributed by atoms with Crippen LogP contribution in [0.3, 0.4) is 0 Å². The minimum atomic E-state index is -4.79. The number of aromatic nitrogens is 2. The lowest BCUT2D eigenvalue weighted by atomic mass is 10.2. The van der Waals surface area contributed by atoms with E-state index in [-0.39, 0.29) is 23.6 Å². The van der Waals surface area contributed by atoms with Gasteiger partial charge < -0.3 is 9.64 Å². The number of rotatable bonds is 4. The summed E-state index contributed by atoms with van der Waals surface area (Å²) in [5, 5.41) is 0. The van der Waals surface area contributed by atoms with Crippen molar-refractivity contribution in [2.24, 2.45) is 0 Å². The maximum Gasteiger partial charge on any atom is 0.573 e. The highest BCUT2D eigenvalue weighted by molar-refractivity contribution is 5.91. The smallest absolute Gasteiger partial charge is 0.405 e. The molecule has 0 saturated heterocycles. The Balaban J connectivity index is 2.15. The van der Waals surface area contributed by atoms with Crippen molar-refractivity contribution < 1.29 is 22.7 Å². The number of para-hydroxylation sites is 1. The first-order valence-corrected chi connectivity index (χ1v) is 6.22. The van der Waals surface area contributed by atoms with Gasteiger partial charge in [0.25, 0.3) is 5.91 Å². The van der Waals surface area contributed by atoms with Gasteiger partial charge in [0, 0.05) is 31.5 Å². The number of benzene rings is 1.